The molecule has 0 N–H and O–H groups in total. The number of hydrogen-bond acceptors (Lipinski definition) is 9. The van der Waals surface area contributed by atoms with Gasteiger partial charge in [0.05, 0.1) is 37.6 Å². The Bertz CT molecular complexity index is 1380. The standard InChI is InChI=1S/C36H38O9/c1-3-40-35(37)29-19-31(23-33(21-29)44-25-27-11-7-5-8-12-27)42-17-15-39-16-18-43-32-20-30(36(38)41-4-2)22-34(24-32)45-26-28-13-9-6-10-14-28/h5-14,19-24H,3-4,15-18,25-26H2,1-2H3. The predicted octanol–water partition coefficient (Wildman–Crippen LogP) is 6.67. The molecule has 45 heavy (non-hydrogen) atoms. The van der Waals surface area contributed by atoms with Crippen molar-refractivity contribution in [3.63, 3.8) is 0 Å². The highest BCUT2D eigenvalue weighted by molar-refractivity contribution is 5.91. The van der Waals surface area contributed by atoms with Crippen LogP contribution in [0.25, 0.3) is 0 Å². The zero-order valence-electron chi connectivity index (χ0n) is 25.6. The molecule has 0 aliphatic carbocycles. The molecule has 4 aromatic carbocycles. The Hall–Kier alpha value is -5.02. The SMILES string of the molecule is CCOC(=O)c1cc(OCCOCCOc2cc(OCc3ccccc3)cc(C(=O)OCC)c2)cc(OCc2ccccc2)c1. The van der Waals surface area contributed by atoms with E-state index < -0.39 is 11.9 Å². The number of ether oxygens (including phenoxy) is 7. The van der Waals surface area contributed by atoms with E-state index in [1.54, 1.807) is 50.2 Å². The maximum atomic E-state index is 12.4. The van der Waals surface area contributed by atoms with Gasteiger partial charge in [0.25, 0.3) is 0 Å². The number of benzene rings is 4. The van der Waals surface area contributed by atoms with Crippen LogP contribution < -0.4 is 18.9 Å². The molecule has 0 saturated carbocycles. The molecule has 0 radical (unpaired) electrons. The lowest BCUT2D eigenvalue weighted by Crippen LogP contribution is -2.13. The van der Waals surface area contributed by atoms with Crippen LogP contribution in [0.2, 0.25) is 0 Å². The molecule has 0 aromatic heterocycles. The first kappa shape index (κ1) is 32.9. The van der Waals surface area contributed by atoms with E-state index in [1.807, 2.05) is 60.7 Å². The maximum absolute atomic E-state index is 12.4. The maximum Gasteiger partial charge on any atom is 0.338 e. The van der Waals surface area contributed by atoms with Gasteiger partial charge in [-0.25, -0.2) is 9.59 Å². The van der Waals surface area contributed by atoms with Gasteiger partial charge < -0.3 is 33.2 Å². The second-order valence-electron chi connectivity index (χ2n) is 9.68. The van der Waals surface area contributed by atoms with E-state index in [2.05, 4.69) is 0 Å². The number of hydrogen-bond donors (Lipinski definition) is 0. The van der Waals surface area contributed by atoms with Crippen molar-refractivity contribution < 1.29 is 42.7 Å². The molecule has 236 valence electrons. The molecule has 0 fully saturated rings. The van der Waals surface area contributed by atoms with Gasteiger partial charge in [-0.05, 0) is 49.2 Å². The minimum absolute atomic E-state index is 0.236. The molecule has 0 aliphatic heterocycles. The van der Waals surface area contributed by atoms with Gasteiger partial charge in [0, 0.05) is 12.1 Å². The third kappa shape index (κ3) is 11.2. The van der Waals surface area contributed by atoms with Gasteiger partial charge in [0.15, 0.2) is 0 Å². The molecule has 4 aromatic rings. The average molecular weight is 615 g/mol. The quantitative estimate of drug-likeness (QED) is 0.0899. The van der Waals surface area contributed by atoms with Crippen LogP contribution >= 0.6 is 0 Å². The van der Waals surface area contributed by atoms with Crippen molar-refractivity contribution in [1.82, 2.24) is 0 Å². The molecular formula is C36H38O9. The highest BCUT2D eigenvalue weighted by Crippen LogP contribution is 2.26. The zero-order chi connectivity index (χ0) is 31.7. The van der Waals surface area contributed by atoms with E-state index in [0.717, 1.165) is 11.1 Å². The van der Waals surface area contributed by atoms with Crippen LogP contribution in [0.1, 0.15) is 45.7 Å². The topological polar surface area (TPSA) is 98.8 Å². The Morgan fingerprint density at radius 3 is 1.24 bits per heavy atom. The fourth-order valence-electron chi connectivity index (χ4n) is 4.16. The Labute approximate surface area is 263 Å². The lowest BCUT2D eigenvalue weighted by atomic mass is 10.2. The van der Waals surface area contributed by atoms with Crippen LogP contribution in [0.5, 0.6) is 23.0 Å². The summed E-state index contributed by atoms with van der Waals surface area (Å²) in [5.41, 5.74) is 2.68. The summed E-state index contributed by atoms with van der Waals surface area (Å²) in [6.07, 6.45) is 0. The third-order valence-electron chi connectivity index (χ3n) is 6.27. The molecule has 0 heterocycles. The first-order valence-electron chi connectivity index (χ1n) is 14.8. The van der Waals surface area contributed by atoms with Gasteiger partial charge in [-0.15, -0.1) is 0 Å². The molecule has 4 rings (SSSR count). The van der Waals surface area contributed by atoms with E-state index in [0.29, 0.717) is 47.3 Å². The van der Waals surface area contributed by atoms with E-state index in [9.17, 15) is 9.59 Å². The average Bonchev–Trinajstić information content (AvgIpc) is 3.07. The zero-order valence-corrected chi connectivity index (χ0v) is 25.6. The summed E-state index contributed by atoms with van der Waals surface area (Å²) < 4.78 is 39.5. The monoisotopic (exact) mass is 614 g/mol. The summed E-state index contributed by atoms with van der Waals surface area (Å²) in [6, 6.07) is 29.4. The Kier molecular flexibility index (Phi) is 13.1. The predicted molar refractivity (Wildman–Crippen MR) is 168 cm³/mol. The fraction of sp³-hybridized carbons (Fsp3) is 0.278. The van der Waals surface area contributed by atoms with Gasteiger partial charge in [-0.1, -0.05) is 60.7 Å². The summed E-state index contributed by atoms with van der Waals surface area (Å²) in [5.74, 6) is 0.990. The second kappa shape index (κ2) is 17.9. The number of esters is 2. The molecule has 0 aliphatic rings. The number of carbonyl (C=O) groups excluding carboxylic acids is 2. The number of rotatable bonds is 18. The normalized spacial score (nSPS) is 10.5. The van der Waals surface area contributed by atoms with Crippen molar-refractivity contribution in [1.29, 1.82) is 0 Å². The molecule has 9 heteroatoms. The first-order valence-corrected chi connectivity index (χ1v) is 14.8. The van der Waals surface area contributed by atoms with E-state index >= 15 is 0 Å². The minimum Gasteiger partial charge on any atom is -0.491 e. The summed E-state index contributed by atoms with van der Waals surface area (Å²) >= 11 is 0. The minimum atomic E-state index is -0.457. The van der Waals surface area contributed by atoms with Crippen molar-refractivity contribution in [2.75, 3.05) is 39.6 Å². The molecular weight excluding hydrogens is 576 g/mol. The van der Waals surface area contributed by atoms with E-state index in [4.69, 9.17) is 33.2 Å². The lowest BCUT2D eigenvalue weighted by molar-refractivity contribution is 0.0516. The summed E-state index contributed by atoms with van der Waals surface area (Å²) in [7, 11) is 0. The smallest absolute Gasteiger partial charge is 0.338 e. The summed E-state index contributed by atoms with van der Waals surface area (Å²) in [4.78, 5) is 24.8. The van der Waals surface area contributed by atoms with Crippen molar-refractivity contribution in [2.45, 2.75) is 27.1 Å². The Morgan fingerprint density at radius 1 is 0.489 bits per heavy atom. The van der Waals surface area contributed by atoms with Crippen molar-refractivity contribution in [3.8, 4) is 23.0 Å². The van der Waals surface area contributed by atoms with Crippen LogP contribution in [0.15, 0.2) is 97.1 Å². The van der Waals surface area contributed by atoms with E-state index in [1.165, 1.54) is 0 Å². The van der Waals surface area contributed by atoms with E-state index in [-0.39, 0.29) is 39.6 Å². The van der Waals surface area contributed by atoms with Gasteiger partial charge in [-0.3, -0.25) is 0 Å². The van der Waals surface area contributed by atoms with Crippen molar-refractivity contribution in [2.24, 2.45) is 0 Å². The van der Waals surface area contributed by atoms with Crippen LogP contribution in [0.4, 0.5) is 0 Å². The van der Waals surface area contributed by atoms with Gasteiger partial charge >= 0.3 is 11.9 Å². The fourth-order valence-corrected chi connectivity index (χ4v) is 4.16. The van der Waals surface area contributed by atoms with Crippen LogP contribution in [-0.2, 0) is 27.4 Å². The highest BCUT2D eigenvalue weighted by atomic mass is 16.6. The summed E-state index contributed by atoms with van der Waals surface area (Å²) in [6.45, 7) is 5.75. The Balaban J connectivity index is 1.27. The van der Waals surface area contributed by atoms with Gasteiger partial charge in [0.1, 0.15) is 49.4 Å². The largest absolute Gasteiger partial charge is 0.491 e. The molecule has 0 unspecified atom stereocenters. The van der Waals surface area contributed by atoms with Crippen molar-refractivity contribution in [3.05, 3.63) is 119 Å². The Morgan fingerprint density at radius 2 is 0.867 bits per heavy atom. The van der Waals surface area contributed by atoms with Gasteiger partial charge in [0.2, 0.25) is 0 Å². The summed E-state index contributed by atoms with van der Waals surface area (Å²) in [5, 5.41) is 0. The molecule has 9 nitrogen and oxygen atoms in total. The van der Waals surface area contributed by atoms with Crippen molar-refractivity contribution >= 4 is 11.9 Å². The molecule has 0 atom stereocenters. The van der Waals surface area contributed by atoms with Crippen LogP contribution in [-0.4, -0.2) is 51.6 Å². The van der Waals surface area contributed by atoms with Crippen LogP contribution in [0.3, 0.4) is 0 Å². The molecule has 0 amide bonds. The number of carbonyl (C=O) groups is 2. The molecule has 0 saturated heterocycles. The second-order valence-corrected chi connectivity index (χ2v) is 9.68. The van der Waals surface area contributed by atoms with Crippen LogP contribution in [0, 0.1) is 0 Å². The molecule has 0 bridgehead atoms. The highest BCUT2D eigenvalue weighted by Gasteiger charge is 2.13. The molecule has 0 spiro atoms. The van der Waals surface area contributed by atoms with Gasteiger partial charge in [-0.2, -0.15) is 0 Å². The third-order valence-corrected chi connectivity index (χ3v) is 6.27. The lowest BCUT2D eigenvalue weighted by Gasteiger charge is -2.13. The first-order chi connectivity index (χ1) is 22.0.